The van der Waals surface area contributed by atoms with Gasteiger partial charge in [-0.05, 0) is 48.9 Å². The number of aliphatic hydroxyl groups is 1. The molecule has 6 nitrogen and oxygen atoms in total. The minimum atomic E-state index is -0.279. The van der Waals surface area contributed by atoms with Crippen molar-refractivity contribution < 1.29 is 14.6 Å². The number of amides is 1. The molecule has 0 aliphatic carbocycles. The van der Waals surface area contributed by atoms with Crippen LogP contribution in [0.2, 0.25) is 0 Å². The molecule has 0 bridgehead atoms. The van der Waals surface area contributed by atoms with E-state index in [0.29, 0.717) is 18.7 Å². The first kappa shape index (κ1) is 18.5. The zero-order chi connectivity index (χ0) is 18.1. The second kappa shape index (κ2) is 9.44. The van der Waals surface area contributed by atoms with Crippen LogP contribution in [0.3, 0.4) is 0 Å². The minimum absolute atomic E-state index is 0.108. The highest BCUT2D eigenvalue weighted by molar-refractivity contribution is 5.95. The maximum absolute atomic E-state index is 12.0. The smallest absolute Gasteiger partial charge is 0.271 e. The molecule has 0 spiro atoms. The van der Waals surface area contributed by atoms with Crippen molar-refractivity contribution in [1.29, 1.82) is 0 Å². The highest BCUT2D eigenvalue weighted by atomic mass is 16.5. The summed E-state index contributed by atoms with van der Waals surface area (Å²) in [5.41, 5.74) is 4.89. The normalized spacial score (nSPS) is 10.7. The first-order chi connectivity index (χ1) is 12.1. The van der Waals surface area contributed by atoms with E-state index in [9.17, 15) is 4.79 Å². The van der Waals surface area contributed by atoms with Gasteiger partial charge in [-0.1, -0.05) is 12.1 Å². The van der Waals surface area contributed by atoms with Crippen molar-refractivity contribution in [2.24, 2.45) is 5.10 Å². The van der Waals surface area contributed by atoms with Crippen LogP contribution in [0, 0.1) is 0 Å². The van der Waals surface area contributed by atoms with E-state index in [2.05, 4.69) is 10.5 Å². The number of carbonyl (C=O) groups excluding carboxylic acids is 1. The summed E-state index contributed by atoms with van der Waals surface area (Å²) in [5, 5.41) is 12.9. The third-order valence-electron chi connectivity index (χ3n) is 3.58. The van der Waals surface area contributed by atoms with Gasteiger partial charge in [0.25, 0.3) is 5.91 Å². The topological polar surface area (TPSA) is 74.2 Å². The van der Waals surface area contributed by atoms with Gasteiger partial charge in [0.05, 0.1) is 19.4 Å². The average molecular weight is 341 g/mol. The molecule has 0 unspecified atom stereocenters. The maximum atomic E-state index is 12.0. The van der Waals surface area contributed by atoms with Gasteiger partial charge in [-0.25, -0.2) is 5.43 Å². The van der Waals surface area contributed by atoms with E-state index in [1.165, 1.54) is 0 Å². The Morgan fingerprint density at radius 2 is 1.88 bits per heavy atom. The number of rotatable bonds is 8. The molecule has 0 aliphatic rings. The fraction of sp³-hybridized carbons (Fsp3) is 0.263. The predicted octanol–water partition coefficient (Wildman–Crippen LogP) is 2.28. The molecule has 2 aromatic carbocycles. The predicted molar refractivity (Wildman–Crippen MR) is 99.5 cm³/mol. The van der Waals surface area contributed by atoms with Crippen LogP contribution in [-0.2, 0) is 0 Å². The molecule has 25 heavy (non-hydrogen) atoms. The Bertz CT molecular complexity index is 697. The van der Waals surface area contributed by atoms with Crippen molar-refractivity contribution in [3.63, 3.8) is 0 Å². The third kappa shape index (κ3) is 5.61. The van der Waals surface area contributed by atoms with Gasteiger partial charge >= 0.3 is 0 Å². The first-order valence-corrected chi connectivity index (χ1v) is 8.12. The number of nitrogens with zero attached hydrogens (tertiary/aromatic N) is 2. The van der Waals surface area contributed by atoms with Crippen LogP contribution in [0.5, 0.6) is 5.75 Å². The van der Waals surface area contributed by atoms with Gasteiger partial charge in [0, 0.05) is 24.8 Å². The molecule has 0 heterocycles. The Morgan fingerprint density at radius 3 is 2.48 bits per heavy atom. The maximum Gasteiger partial charge on any atom is 0.271 e. The lowest BCUT2D eigenvalue weighted by atomic mass is 10.2. The van der Waals surface area contributed by atoms with Crippen LogP contribution in [0.15, 0.2) is 53.6 Å². The largest absolute Gasteiger partial charge is 0.494 e. The summed E-state index contributed by atoms with van der Waals surface area (Å²) in [6, 6.07) is 14.6. The van der Waals surface area contributed by atoms with Gasteiger partial charge in [-0.15, -0.1) is 0 Å². The summed E-state index contributed by atoms with van der Waals surface area (Å²) in [6.45, 7) is 3.18. The summed E-state index contributed by atoms with van der Waals surface area (Å²) in [5.74, 6) is 0.451. The van der Waals surface area contributed by atoms with Gasteiger partial charge in [0.15, 0.2) is 0 Å². The Balaban J connectivity index is 1.90. The van der Waals surface area contributed by atoms with Gasteiger partial charge in [-0.3, -0.25) is 4.79 Å². The summed E-state index contributed by atoms with van der Waals surface area (Å²) in [7, 11) is 1.91. The van der Waals surface area contributed by atoms with Gasteiger partial charge in [0.2, 0.25) is 0 Å². The van der Waals surface area contributed by atoms with Gasteiger partial charge in [-0.2, -0.15) is 5.10 Å². The van der Waals surface area contributed by atoms with E-state index in [4.69, 9.17) is 9.84 Å². The monoisotopic (exact) mass is 341 g/mol. The second-order valence-corrected chi connectivity index (χ2v) is 5.39. The lowest BCUT2D eigenvalue weighted by molar-refractivity contribution is 0.0955. The molecule has 2 N–H and O–H groups in total. The highest BCUT2D eigenvalue weighted by Crippen LogP contribution is 2.13. The Morgan fingerprint density at radius 1 is 1.20 bits per heavy atom. The number of nitrogens with one attached hydrogen (secondary N) is 1. The Labute approximate surface area is 147 Å². The second-order valence-electron chi connectivity index (χ2n) is 5.39. The number of carbonyl (C=O) groups is 1. The zero-order valence-corrected chi connectivity index (χ0v) is 14.5. The molecule has 0 atom stereocenters. The lowest BCUT2D eigenvalue weighted by Gasteiger charge is -2.17. The van der Waals surface area contributed by atoms with Crippen LogP contribution in [0.25, 0.3) is 0 Å². The van der Waals surface area contributed by atoms with Gasteiger partial charge < -0.3 is 14.7 Å². The average Bonchev–Trinajstić information content (AvgIpc) is 2.63. The van der Waals surface area contributed by atoms with Crippen molar-refractivity contribution in [3.8, 4) is 5.75 Å². The van der Waals surface area contributed by atoms with Crippen molar-refractivity contribution in [3.05, 3.63) is 59.7 Å². The molecule has 1 amide bonds. The van der Waals surface area contributed by atoms with Gasteiger partial charge in [0.1, 0.15) is 5.75 Å². The fourth-order valence-electron chi connectivity index (χ4n) is 2.19. The first-order valence-electron chi connectivity index (χ1n) is 8.12. The summed E-state index contributed by atoms with van der Waals surface area (Å²) in [4.78, 5) is 14.0. The van der Waals surface area contributed by atoms with Crippen molar-refractivity contribution >= 4 is 17.8 Å². The van der Waals surface area contributed by atoms with Crippen LogP contribution in [0.1, 0.15) is 22.8 Å². The summed E-state index contributed by atoms with van der Waals surface area (Å²) < 4.78 is 5.34. The number of anilines is 1. The van der Waals surface area contributed by atoms with E-state index < -0.39 is 0 Å². The van der Waals surface area contributed by atoms with Crippen LogP contribution < -0.4 is 15.1 Å². The SMILES string of the molecule is CCOc1ccc(C(=O)N/N=C\c2ccc(N(C)CCO)cc2)cc1. The molecule has 6 heteroatoms. The van der Waals surface area contributed by atoms with Crippen LogP contribution in [-0.4, -0.2) is 44.0 Å². The van der Waals surface area contributed by atoms with Crippen LogP contribution >= 0.6 is 0 Å². The number of ether oxygens (including phenoxy) is 1. The van der Waals surface area contributed by atoms with E-state index in [0.717, 1.165) is 17.0 Å². The number of aliphatic hydroxyl groups excluding tert-OH is 1. The molecule has 2 rings (SSSR count). The number of hydrogen-bond acceptors (Lipinski definition) is 5. The van der Waals surface area contributed by atoms with Crippen molar-refractivity contribution in [2.75, 3.05) is 31.7 Å². The Hall–Kier alpha value is -2.86. The molecule has 0 fully saturated rings. The number of hydrogen-bond donors (Lipinski definition) is 2. The number of likely N-dealkylation sites (N-methyl/N-ethyl adjacent to an activating group) is 1. The number of benzene rings is 2. The molecule has 0 radical (unpaired) electrons. The molecule has 0 aromatic heterocycles. The standard InChI is InChI=1S/C19H23N3O3/c1-3-25-18-10-6-16(7-11-18)19(24)21-20-14-15-4-8-17(9-5-15)22(2)12-13-23/h4-11,14,23H,3,12-13H2,1-2H3,(H,21,24)/b20-14-. The summed E-state index contributed by atoms with van der Waals surface area (Å²) >= 11 is 0. The lowest BCUT2D eigenvalue weighted by Crippen LogP contribution is -2.20. The Kier molecular flexibility index (Phi) is 6.98. The van der Waals surface area contributed by atoms with E-state index >= 15 is 0 Å². The van der Waals surface area contributed by atoms with Crippen LogP contribution in [0.4, 0.5) is 5.69 Å². The minimum Gasteiger partial charge on any atom is -0.494 e. The summed E-state index contributed by atoms with van der Waals surface area (Å²) in [6.07, 6.45) is 1.59. The van der Waals surface area contributed by atoms with E-state index in [1.54, 1.807) is 30.5 Å². The quantitative estimate of drug-likeness (QED) is 0.571. The molecular formula is C19H23N3O3. The van der Waals surface area contributed by atoms with E-state index in [1.807, 2.05) is 43.1 Å². The van der Waals surface area contributed by atoms with Crippen molar-refractivity contribution in [1.82, 2.24) is 5.43 Å². The zero-order valence-electron chi connectivity index (χ0n) is 14.5. The third-order valence-corrected chi connectivity index (χ3v) is 3.58. The molecule has 0 saturated heterocycles. The van der Waals surface area contributed by atoms with Crippen molar-refractivity contribution in [2.45, 2.75) is 6.92 Å². The number of hydrazone groups is 1. The molecule has 0 saturated carbocycles. The fourth-order valence-corrected chi connectivity index (χ4v) is 2.19. The molecule has 0 aliphatic heterocycles. The molecular weight excluding hydrogens is 318 g/mol. The molecule has 2 aromatic rings. The highest BCUT2D eigenvalue weighted by Gasteiger charge is 2.04. The van der Waals surface area contributed by atoms with E-state index in [-0.39, 0.29) is 12.5 Å². The molecule has 132 valence electrons.